The molecule has 1 rings (SSSR count). The Morgan fingerprint density at radius 3 is 2.50 bits per heavy atom. The monoisotopic (exact) mass is 233 g/mol. The van der Waals surface area contributed by atoms with E-state index in [0.29, 0.717) is 4.90 Å². The van der Waals surface area contributed by atoms with Crippen LogP contribution in [0.25, 0.3) is 0 Å². The molecule has 1 aromatic rings. The Balaban J connectivity index is 0.00000121. The number of hydrogen-bond donors (Lipinski definition) is 3. The van der Waals surface area contributed by atoms with Gasteiger partial charge in [0.1, 0.15) is 5.75 Å². The van der Waals surface area contributed by atoms with Gasteiger partial charge in [-0.25, -0.2) is 0 Å². The average molecular weight is 235 g/mol. The van der Waals surface area contributed by atoms with Gasteiger partial charge in [-0.1, -0.05) is 0 Å². The molecule has 58 valence electrons. The van der Waals surface area contributed by atoms with E-state index in [-0.39, 0.29) is 30.8 Å². The Morgan fingerprint density at radius 2 is 2.08 bits per heavy atom. The summed E-state index contributed by atoms with van der Waals surface area (Å²) in [6, 6.07) is 4.30. The Kier molecular flexibility index (Phi) is 4.28. The van der Waals surface area contributed by atoms with Crippen LogP contribution in [0.5, 0.6) is 5.75 Å². The van der Waals surface area contributed by atoms with Gasteiger partial charge in [-0.3, -0.25) is 4.79 Å². The number of nitrogens with two attached hydrogens (primary N) is 1. The maximum Gasteiger partial charge on any atom is 2.00 e. The molecule has 0 aliphatic rings. The number of primary amides is 1. The van der Waals surface area contributed by atoms with E-state index in [0.717, 1.165) is 0 Å². The molecular formula is C7H7NO2SZn+2. The number of aromatic hydroxyl groups is 1. The summed E-state index contributed by atoms with van der Waals surface area (Å²) in [5, 5.41) is 9.06. The van der Waals surface area contributed by atoms with Crippen molar-refractivity contribution in [3.05, 3.63) is 23.8 Å². The number of carbonyl (C=O) groups excluding carboxylic acids is 1. The van der Waals surface area contributed by atoms with Crippen molar-refractivity contribution in [3.8, 4) is 5.75 Å². The Hall–Kier alpha value is -0.537. The number of hydrogen-bond acceptors (Lipinski definition) is 3. The minimum absolute atomic E-state index is 0. The first kappa shape index (κ1) is 11.5. The van der Waals surface area contributed by atoms with Gasteiger partial charge in [-0.15, -0.1) is 12.6 Å². The van der Waals surface area contributed by atoms with E-state index in [1.807, 2.05) is 0 Å². The molecule has 0 saturated heterocycles. The molecule has 0 saturated carbocycles. The van der Waals surface area contributed by atoms with Gasteiger partial charge in [0.2, 0.25) is 5.91 Å². The van der Waals surface area contributed by atoms with Crippen molar-refractivity contribution in [1.82, 2.24) is 0 Å². The number of amides is 1. The van der Waals surface area contributed by atoms with Gasteiger partial charge in [-0.2, -0.15) is 0 Å². The van der Waals surface area contributed by atoms with Gasteiger partial charge >= 0.3 is 19.5 Å². The number of phenols is 1. The summed E-state index contributed by atoms with van der Waals surface area (Å²) in [5.41, 5.74) is 5.24. The van der Waals surface area contributed by atoms with E-state index in [1.165, 1.54) is 18.2 Å². The van der Waals surface area contributed by atoms with Crippen LogP contribution in [0.4, 0.5) is 0 Å². The zero-order valence-electron chi connectivity index (χ0n) is 6.32. The van der Waals surface area contributed by atoms with E-state index in [1.54, 1.807) is 0 Å². The quantitative estimate of drug-likeness (QED) is 0.497. The first-order valence-corrected chi connectivity index (χ1v) is 3.38. The summed E-state index contributed by atoms with van der Waals surface area (Å²) >= 11 is 3.91. The summed E-state index contributed by atoms with van der Waals surface area (Å²) in [4.78, 5) is 11.0. The smallest absolute Gasteiger partial charge is 0.507 e. The summed E-state index contributed by atoms with van der Waals surface area (Å²) in [5.74, 6) is -0.599. The number of benzene rings is 1. The number of thiol groups is 1. The summed E-state index contributed by atoms with van der Waals surface area (Å²) in [6.45, 7) is 0. The molecule has 0 heterocycles. The molecule has 0 bridgehead atoms. The van der Waals surface area contributed by atoms with Crippen LogP contribution in [0.3, 0.4) is 0 Å². The van der Waals surface area contributed by atoms with Crippen LogP contribution in [0.2, 0.25) is 0 Å². The van der Waals surface area contributed by atoms with E-state index in [4.69, 9.17) is 10.8 Å². The van der Waals surface area contributed by atoms with Gasteiger partial charge in [-0.05, 0) is 18.2 Å². The second-order valence-electron chi connectivity index (χ2n) is 2.07. The van der Waals surface area contributed by atoms with E-state index in [9.17, 15) is 4.79 Å². The first-order chi connectivity index (χ1) is 5.11. The van der Waals surface area contributed by atoms with Gasteiger partial charge in [0.15, 0.2) is 0 Å². The molecule has 5 heteroatoms. The molecule has 0 aliphatic carbocycles. The SMILES string of the molecule is NC(=O)c1ccc(S)c(O)c1.[Zn+2]. The second-order valence-corrected chi connectivity index (χ2v) is 2.55. The molecule has 0 radical (unpaired) electrons. The Morgan fingerprint density at radius 1 is 1.50 bits per heavy atom. The molecule has 0 unspecified atom stereocenters. The van der Waals surface area contributed by atoms with Crippen molar-refractivity contribution in [2.24, 2.45) is 5.73 Å². The van der Waals surface area contributed by atoms with Gasteiger partial charge in [0.25, 0.3) is 0 Å². The van der Waals surface area contributed by atoms with Gasteiger partial charge < -0.3 is 10.8 Å². The molecular weight excluding hydrogens is 228 g/mol. The molecule has 0 atom stereocenters. The molecule has 1 amide bonds. The van der Waals surface area contributed by atoms with Crippen LogP contribution in [0.15, 0.2) is 23.1 Å². The molecule has 12 heavy (non-hydrogen) atoms. The van der Waals surface area contributed by atoms with Crippen molar-refractivity contribution in [1.29, 1.82) is 0 Å². The van der Waals surface area contributed by atoms with Gasteiger partial charge in [0.05, 0.1) is 0 Å². The van der Waals surface area contributed by atoms with Crippen LogP contribution in [-0.2, 0) is 19.5 Å². The number of carbonyl (C=O) groups is 1. The second kappa shape index (κ2) is 4.48. The molecule has 0 aromatic heterocycles. The number of rotatable bonds is 1. The third-order valence-corrected chi connectivity index (χ3v) is 1.64. The molecule has 0 fully saturated rings. The predicted octanol–water partition coefficient (Wildman–Crippen LogP) is 0.777. The predicted molar refractivity (Wildman–Crippen MR) is 43.9 cm³/mol. The molecule has 0 spiro atoms. The average Bonchev–Trinajstić information content (AvgIpc) is 1.94. The van der Waals surface area contributed by atoms with Crippen molar-refractivity contribution in [3.63, 3.8) is 0 Å². The minimum atomic E-state index is -0.561. The molecule has 1 aromatic carbocycles. The maximum absolute atomic E-state index is 10.6. The standard InChI is InChI=1S/C7H7NO2S.Zn/c8-7(10)4-1-2-6(11)5(9)3-4;/h1-3,9,11H,(H2,8,10);/q;+2. The summed E-state index contributed by atoms with van der Waals surface area (Å²) < 4.78 is 0. The van der Waals surface area contributed by atoms with Crippen LogP contribution >= 0.6 is 12.6 Å². The third-order valence-electron chi connectivity index (χ3n) is 1.26. The summed E-state index contributed by atoms with van der Waals surface area (Å²) in [7, 11) is 0. The number of phenolic OH excluding ortho intramolecular Hbond substituents is 1. The van der Waals surface area contributed by atoms with E-state index in [2.05, 4.69) is 12.6 Å². The molecule has 3 N–H and O–H groups in total. The fraction of sp³-hybridized carbons (Fsp3) is 0. The van der Waals surface area contributed by atoms with Crippen molar-refractivity contribution in [2.45, 2.75) is 4.90 Å². The molecule has 3 nitrogen and oxygen atoms in total. The summed E-state index contributed by atoms with van der Waals surface area (Å²) in [6.07, 6.45) is 0. The van der Waals surface area contributed by atoms with Crippen LogP contribution in [-0.4, -0.2) is 11.0 Å². The Labute approximate surface area is 88.1 Å². The fourth-order valence-electron chi connectivity index (χ4n) is 0.677. The first-order valence-electron chi connectivity index (χ1n) is 2.93. The Bertz CT molecular complexity index is 303. The van der Waals surface area contributed by atoms with Crippen LogP contribution in [0, 0.1) is 0 Å². The van der Waals surface area contributed by atoms with Crippen LogP contribution < -0.4 is 5.73 Å². The van der Waals surface area contributed by atoms with Crippen molar-refractivity contribution < 1.29 is 29.4 Å². The van der Waals surface area contributed by atoms with Crippen molar-refractivity contribution in [2.75, 3.05) is 0 Å². The molecule has 0 aliphatic heterocycles. The minimum Gasteiger partial charge on any atom is -0.507 e. The largest absolute Gasteiger partial charge is 2.00 e. The topological polar surface area (TPSA) is 63.3 Å². The third kappa shape index (κ3) is 2.50. The van der Waals surface area contributed by atoms with Gasteiger partial charge in [0, 0.05) is 10.5 Å². The van der Waals surface area contributed by atoms with E-state index >= 15 is 0 Å². The van der Waals surface area contributed by atoms with E-state index < -0.39 is 5.91 Å². The fourth-order valence-corrected chi connectivity index (χ4v) is 0.816. The maximum atomic E-state index is 10.6. The van der Waals surface area contributed by atoms with Crippen molar-refractivity contribution >= 4 is 18.5 Å². The zero-order chi connectivity index (χ0) is 8.43. The van der Waals surface area contributed by atoms with Crippen LogP contribution in [0.1, 0.15) is 10.4 Å². The normalized spacial score (nSPS) is 8.75. The zero-order valence-corrected chi connectivity index (χ0v) is 10.2.